The maximum Gasteiger partial charge on any atom is -0.00156 e. The fourth-order valence-electron chi connectivity index (χ4n) is 2.08. The van der Waals surface area contributed by atoms with Gasteiger partial charge in [0.15, 0.2) is 0 Å². The van der Waals surface area contributed by atoms with Crippen molar-refractivity contribution >= 4 is 0 Å². The minimum atomic E-state index is 0.779. The lowest BCUT2D eigenvalue weighted by molar-refractivity contribution is 0.276. The highest BCUT2D eigenvalue weighted by Gasteiger charge is 2.16. The van der Waals surface area contributed by atoms with E-state index in [0.717, 1.165) is 37.4 Å². The van der Waals surface area contributed by atoms with Crippen LogP contribution in [0.3, 0.4) is 0 Å². The maximum absolute atomic E-state index is 5.45. The predicted octanol–water partition coefficient (Wildman–Crippen LogP) is 2.63. The molecule has 0 aliphatic heterocycles. The summed E-state index contributed by atoms with van der Waals surface area (Å²) in [6.45, 7) is 12.4. The van der Waals surface area contributed by atoms with E-state index >= 15 is 0 Å². The van der Waals surface area contributed by atoms with E-state index in [1.807, 2.05) is 0 Å². The first-order chi connectivity index (χ1) is 7.09. The van der Waals surface area contributed by atoms with Gasteiger partial charge in [-0.05, 0) is 50.2 Å². The molecule has 0 aromatic rings. The smallest absolute Gasteiger partial charge is 0.00156 e. The number of nitrogens with two attached hydrogens (primary N) is 1. The van der Waals surface area contributed by atoms with Gasteiger partial charge in [0.25, 0.3) is 0 Å². The average molecular weight is 214 g/mol. The van der Waals surface area contributed by atoms with Gasteiger partial charge in [0.05, 0.1) is 0 Å². The molecular formula is C13H30N2. The van der Waals surface area contributed by atoms with Crippen molar-refractivity contribution in [1.82, 2.24) is 5.32 Å². The van der Waals surface area contributed by atoms with Gasteiger partial charge in [-0.25, -0.2) is 0 Å². The van der Waals surface area contributed by atoms with Crippen molar-refractivity contribution in [2.24, 2.45) is 23.5 Å². The highest BCUT2D eigenvalue weighted by molar-refractivity contribution is 4.69. The van der Waals surface area contributed by atoms with Gasteiger partial charge < -0.3 is 11.1 Å². The summed E-state index contributed by atoms with van der Waals surface area (Å²) in [5.74, 6) is 2.36. The minimum absolute atomic E-state index is 0.779. The lowest BCUT2D eigenvalue weighted by Gasteiger charge is -2.25. The van der Waals surface area contributed by atoms with Gasteiger partial charge in [0.1, 0.15) is 0 Å². The van der Waals surface area contributed by atoms with E-state index in [0.29, 0.717) is 0 Å². The first kappa shape index (κ1) is 14.9. The molecule has 0 rings (SSSR count). The van der Waals surface area contributed by atoms with Gasteiger partial charge in [-0.1, -0.05) is 34.1 Å². The van der Waals surface area contributed by atoms with Gasteiger partial charge in [-0.2, -0.15) is 0 Å². The summed E-state index contributed by atoms with van der Waals surface area (Å²) in [6.07, 6.45) is 3.69. The quantitative estimate of drug-likeness (QED) is 0.579. The third-order valence-corrected chi connectivity index (χ3v) is 3.15. The zero-order valence-electron chi connectivity index (χ0n) is 11.1. The first-order valence-corrected chi connectivity index (χ1v) is 6.50. The van der Waals surface area contributed by atoms with Crippen LogP contribution in [0.5, 0.6) is 0 Å². The van der Waals surface area contributed by atoms with E-state index in [4.69, 9.17) is 5.73 Å². The monoisotopic (exact) mass is 214 g/mol. The molecule has 0 spiro atoms. The molecule has 0 aromatic carbocycles. The molecule has 0 fully saturated rings. The van der Waals surface area contributed by atoms with Crippen LogP contribution >= 0.6 is 0 Å². The molecule has 0 aliphatic rings. The fourth-order valence-corrected chi connectivity index (χ4v) is 2.08. The lowest BCUT2D eigenvalue weighted by Crippen LogP contribution is -2.30. The summed E-state index contributed by atoms with van der Waals surface area (Å²) in [5.41, 5.74) is 5.45. The predicted molar refractivity (Wildman–Crippen MR) is 68.9 cm³/mol. The van der Waals surface area contributed by atoms with Crippen molar-refractivity contribution in [3.8, 4) is 0 Å². The summed E-state index contributed by atoms with van der Waals surface area (Å²) in [4.78, 5) is 0. The zero-order valence-corrected chi connectivity index (χ0v) is 11.1. The van der Waals surface area contributed by atoms with Gasteiger partial charge in [0, 0.05) is 0 Å². The van der Waals surface area contributed by atoms with Crippen LogP contribution in [0.1, 0.15) is 47.0 Å². The second-order valence-corrected chi connectivity index (χ2v) is 5.21. The zero-order chi connectivity index (χ0) is 11.7. The van der Waals surface area contributed by atoms with E-state index in [1.165, 1.54) is 19.3 Å². The van der Waals surface area contributed by atoms with Crippen LogP contribution in [-0.4, -0.2) is 19.6 Å². The first-order valence-electron chi connectivity index (χ1n) is 6.50. The van der Waals surface area contributed by atoms with E-state index in [2.05, 4.69) is 33.0 Å². The van der Waals surface area contributed by atoms with Crippen LogP contribution in [0.2, 0.25) is 0 Å². The fraction of sp³-hybridized carbons (Fsp3) is 1.00. The number of hydrogen-bond acceptors (Lipinski definition) is 2. The Labute approximate surface area is 96.0 Å². The van der Waals surface area contributed by atoms with Crippen LogP contribution in [0, 0.1) is 17.8 Å². The molecule has 0 radical (unpaired) electrons. The van der Waals surface area contributed by atoms with Gasteiger partial charge >= 0.3 is 0 Å². The molecule has 0 saturated carbocycles. The van der Waals surface area contributed by atoms with Crippen molar-refractivity contribution in [3.63, 3.8) is 0 Å². The SMILES string of the molecule is CC(C)C(CNCCCCCN)C(C)C. The number of nitrogens with one attached hydrogen (secondary N) is 1. The van der Waals surface area contributed by atoms with Crippen LogP contribution in [0.4, 0.5) is 0 Å². The summed E-state index contributed by atoms with van der Waals surface area (Å²) in [7, 11) is 0. The van der Waals surface area contributed by atoms with E-state index in [1.54, 1.807) is 0 Å². The van der Waals surface area contributed by atoms with Crippen LogP contribution in [-0.2, 0) is 0 Å². The van der Waals surface area contributed by atoms with Crippen molar-refractivity contribution in [1.29, 1.82) is 0 Å². The summed E-state index contributed by atoms with van der Waals surface area (Å²) < 4.78 is 0. The van der Waals surface area contributed by atoms with E-state index in [-0.39, 0.29) is 0 Å². The molecule has 0 bridgehead atoms. The molecule has 2 heteroatoms. The second kappa shape index (κ2) is 9.17. The topological polar surface area (TPSA) is 38.0 Å². The van der Waals surface area contributed by atoms with E-state index < -0.39 is 0 Å². The Kier molecular flexibility index (Phi) is 9.12. The van der Waals surface area contributed by atoms with Gasteiger partial charge in [-0.3, -0.25) is 0 Å². The standard InChI is InChI=1S/C13H30N2/c1-11(2)13(12(3)4)10-15-9-7-5-6-8-14/h11-13,15H,5-10,14H2,1-4H3. The molecule has 3 N–H and O–H groups in total. The Morgan fingerprint density at radius 1 is 0.933 bits per heavy atom. The summed E-state index contributed by atoms with van der Waals surface area (Å²) in [6, 6.07) is 0. The molecule has 92 valence electrons. The van der Waals surface area contributed by atoms with Gasteiger partial charge in [-0.15, -0.1) is 0 Å². The van der Waals surface area contributed by atoms with Crippen LogP contribution in [0.25, 0.3) is 0 Å². The number of rotatable bonds is 9. The van der Waals surface area contributed by atoms with Crippen LogP contribution in [0.15, 0.2) is 0 Å². The molecule has 0 unspecified atom stereocenters. The number of unbranched alkanes of at least 4 members (excludes halogenated alkanes) is 2. The maximum atomic E-state index is 5.45. The molecule has 2 nitrogen and oxygen atoms in total. The highest BCUT2D eigenvalue weighted by atomic mass is 14.9. The molecule has 0 saturated heterocycles. The third kappa shape index (κ3) is 7.80. The summed E-state index contributed by atoms with van der Waals surface area (Å²) >= 11 is 0. The Balaban J connectivity index is 3.46. The average Bonchev–Trinajstić information content (AvgIpc) is 2.15. The highest BCUT2D eigenvalue weighted by Crippen LogP contribution is 2.19. The van der Waals surface area contributed by atoms with E-state index in [9.17, 15) is 0 Å². The van der Waals surface area contributed by atoms with Crippen molar-refractivity contribution in [2.75, 3.05) is 19.6 Å². The molecule has 0 atom stereocenters. The second-order valence-electron chi connectivity index (χ2n) is 5.21. The van der Waals surface area contributed by atoms with Gasteiger partial charge in [0.2, 0.25) is 0 Å². The van der Waals surface area contributed by atoms with Crippen molar-refractivity contribution in [2.45, 2.75) is 47.0 Å². The Hall–Kier alpha value is -0.0800. The lowest BCUT2D eigenvalue weighted by atomic mass is 9.85. The molecular weight excluding hydrogens is 184 g/mol. The van der Waals surface area contributed by atoms with Crippen LogP contribution < -0.4 is 11.1 Å². The molecule has 0 aromatic heterocycles. The normalized spacial score (nSPS) is 12.0. The molecule has 15 heavy (non-hydrogen) atoms. The van der Waals surface area contributed by atoms with Crippen molar-refractivity contribution in [3.05, 3.63) is 0 Å². The molecule has 0 amide bonds. The Morgan fingerprint density at radius 3 is 2.00 bits per heavy atom. The Morgan fingerprint density at radius 2 is 1.53 bits per heavy atom. The van der Waals surface area contributed by atoms with Crippen molar-refractivity contribution < 1.29 is 0 Å². The third-order valence-electron chi connectivity index (χ3n) is 3.15. The Bertz CT molecular complexity index is 124. The molecule has 0 aliphatic carbocycles. The summed E-state index contributed by atoms with van der Waals surface area (Å²) in [5, 5.41) is 3.57. The molecule has 0 heterocycles. The minimum Gasteiger partial charge on any atom is -0.330 e. The number of hydrogen-bond donors (Lipinski definition) is 2. The largest absolute Gasteiger partial charge is 0.330 e.